The van der Waals surface area contributed by atoms with Gasteiger partial charge < -0.3 is 15.2 Å². The summed E-state index contributed by atoms with van der Waals surface area (Å²) in [5.41, 5.74) is 3.85. The Labute approximate surface area is 138 Å². The highest BCUT2D eigenvalue weighted by atomic mass is 35.5. The first kappa shape index (κ1) is 15.3. The molecule has 0 bridgehead atoms. The van der Waals surface area contributed by atoms with Gasteiger partial charge in [-0.25, -0.2) is 0 Å². The average molecular weight is 326 g/mol. The summed E-state index contributed by atoms with van der Waals surface area (Å²) < 4.78 is 0. The van der Waals surface area contributed by atoms with Crippen LogP contribution in [0.15, 0.2) is 42.6 Å². The number of nitrogens with one attached hydrogen (secondary N) is 1. The number of benzene rings is 2. The van der Waals surface area contributed by atoms with Crippen LogP contribution in [0, 0.1) is 13.8 Å². The molecular formula is C18H14ClN2O2-. The number of halogens is 1. The predicted octanol–water partition coefficient (Wildman–Crippen LogP) is 3.61. The molecule has 0 saturated heterocycles. The van der Waals surface area contributed by atoms with E-state index in [4.69, 9.17) is 11.6 Å². The van der Waals surface area contributed by atoms with Gasteiger partial charge in [-0.3, -0.25) is 4.98 Å². The van der Waals surface area contributed by atoms with Crippen molar-refractivity contribution >= 4 is 39.8 Å². The molecule has 2 aromatic carbocycles. The van der Waals surface area contributed by atoms with Gasteiger partial charge in [0.25, 0.3) is 0 Å². The standard InChI is InChI=1S/C18H15ClN2O2/c1-10-3-5-12(6-4-10)21-17-13-7-8-15(19)11(2)16(13)20-9-14(17)18(22)23/h3-9H,1-2H3,(H,20,21)(H,22,23)/p-1. The van der Waals surface area contributed by atoms with Crippen molar-refractivity contribution in [1.29, 1.82) is 0 Å². The summed E-state index contributed by atoms with van der Waals surface area (Å²) >= 11 is 6.13. The lowest BCUT2D eigenvalue weighted by Crippen LogP contribution is -2.23. The van der Waals surface area contributed by atoms with Gasteiger partial charge in [0.15, 0.2) is 0 Å². The minimum Gasteiger partial charge on any atom is -0.545 e. The summed E-state index contributed by atoms with van der Waals surface area (Å²) in [7, 11) is 0. The molecule has 0 spiro atoms. The molecular weight excluding hydrogens is 312 g/mol. The van der Waals surface area contributed by atoms with Crippen LogP contribution in [-0.4, -0.2) is 11.0 Å². The Bertz CT molecular complexity index is 905. The number of aromatic nitrogens is 1. The number of carboxylic acids is 1. The molecule has 0 fully saturated rings. The van der Waals surface area contributed by atoms with Crippen molar-refractivity contribution in [3.63, 3.8) is 0 Å². The molecule has 23 heavy (non-hydrogen) atoms. The van der Waals surface area contributed by atoms with Crippen LogP contribution < -0.4 is 10.4 Å². The molecule has 0 aliphatic carbocycles. The van der Waals surface area contributed by atoms with Gasteiger partial charge in [-0.2, -0.15) is 0 Å². The number of rotatable bonds is 3. The summed E-state index contributed by atoms with van der Waals surface area (Å²) in [6.45, 7) is 3.84. The molecule has 0 saturated carbocycles. The van der Waals surface area contributed by atoms with E-state index in [1.807, 2.05) is 38.1 Å². The first-order chi connectivity index (χ1) is 11.0. The van der Waals surface area contributed by atoms with E-state index in [1.165, 1.54) is 6.20 Å². The van der Waals surface area contributed by atoms with E-state index in [9.17, 15) is 9.90 Å². The molecule has 5 heteroatoms. The van der Waals surface area contributed by atoms with Crippen molar-refractivity contribution < 1.29 is 9.90 Å². The number of hydrogen-bond donors (Lipinski definition) is 1. The highest BCUT2D eigenvalue weighted by Gasteiger charge is 2.13. The van der Waals surface area contributed by atoms with E-state index >= 15 is 0 Å². The summed E-state index contributed by atoms with van der Waals surface area (Å²) in [6.07, 6.45) is 1.30. The van der Waals surface area contributed by atoms with Crippen molar-refractivity contribution in [3.8, 4) is 0 Å². The number of aromatic carboxylic acids is 1. The Kier molecular flexibility index (Phi) is 3.92. The molecule has 116 valence electrons. The molecule has 0 unspecified atom stereocenters. The number of nitrogens with zero attached hydrogens (tertiary/aromatic N) is 1. The number of hydrogen-bond acceptors (Lipinski definition) is 4. The van der Waals surface area contributed by atoms with Crippen molar-refractivity contribution in [3.05, 3.63) is 64.3 Å². The first-order valence-electron chi connectivity index (χ1n) is 7.10. The van der Waals surface area contributed by atoms with E-state index in [1.54, 1.807) is 12.1 Å². The smallest absolute Gasteiger partial charge is 0.0767 e. The van der Waals surface area contributed by atoms with Gasteiger partial charge in [-0.1, -0.05) is 29.3 Å². The Morgan fingerprint density at radius 3 is 2.48 bits per heavy atom. The molecule has 3 rings (SSSR count). The highest BCUT2D eigenvalue weighted by molar-refractivity contribution is 6.32. The number of fused-ring (bicyclic) bond motifs is 1. The van der Waals surface area contributed by atoms with E-state index in [0.29, 0.717) is 21.6 Å². The first-order valence-corrected chi connectivity index (χ1v) is 7.48. The number of carbonyl (C=O) groups is 1. The molecule has 0 radical (unpaired) electrons. The number of pyridine rings is 1. The largest absolute Gasteiger partial charge is 0.545 e. The third-order valence-electron chi connectivity index (χ3n) is 3.77. The lowest BCUT2D eigenvalue weighted by atomic mass is 10.1. The maximum absolute atomic E-state index is 11.4. The van der Waals surface area contributed by atoms with Gasteiger partial charge in [0.2, 0.25) is 0 Å². The third kappa shape index (κ3) is 2.85. The van der Waals surface area contributed by atoms with E-state index < -0.39 is 5.97 Å². The van der Waals surface area contributed by atoms with E-state index in [0.717, 1.165) is 16.8 Å². The molecule has 0 amide bonds. The van der Waals surface area contributed by atoms with Crippen LogP contribution in [0.4, 0.5) is 11.4 Å². The van der Waals surface area contributed by atoms with Crippen LogP contribution in [0.2, 0.25) is 5.02 Å². The van der Waals surface area contributed by atoms with Crippen LogP contribution in [0.1, 0.15) is 21.5 Å². The van der Waals surface area contributed by atoms with E-state index in [2.05, 4.69) is 10.3 Å². The van der Waals surface area contributed by atoms with Crippen molar-refractivity contribution in [2.45, 2.75) is 13.8 Å². The quantitative estimate of drug-likeness (QED) is 0.799. The summed E-state index contributed by atoms with van der Waals surface area (Å²) in [6, 6.07) is 11.2. The van der Waals surface area contributed by atoms with Gasteiger partial charge in [0, 0.05) is 27.9 Å². The van der Waals surface area contributed by atoms with Crippen LogP contribution in [0.5, 0.6) is 0 Å². The van der Waals surface area contributed by atoms with Crippen molar-refractivity contribution in [2.75, 3.05) is 5.32 Å². The average Bonchev–Trinajstić information content (AvgIpc) is 2.53. The second-order valence-corrected chi connectivity index (χ2v) is 5.80. The van der Waals surface area contributed by atoms with Gasteiger partial charge in [-0.05, 0) is 43.7 Å². The number of carbonyl (C=O) groups excluding carboxylic acids is 1. The maximum atomic E-state index is 11.4. The zero-order valence-electron chi connectivity index (χ0n) is 12.7. The normalized spacial score (nSPS) is 10.7. The Balaban J connectivity index is 2.22. The predicted molar refractivity (Wildman–Crippen MR) is 90.3 cm³/mol. The Morgan fingerprint density at radius 1 is 1.13 bits per heavy atom. The van der Waals surface area contributed by atoms with Gasteiger partial charge in [-0.15, -0.1) is 0 Å². The van der Waals surface area contributed by atoms with Crippen LogP contribution in [-0.2, 0) is 0 Å². The Morgan fingerprint density at radius 2 is 1.83 bits per heavy atom. The molecule has 0 aliphatic rings. The van der Waals surface area contributed by atoms with Crippen LogP contribution in [0.3, 0.4) is 0 Å². The second-order valence-electron chi connectivity index (χ2n) is 5.39. The highest BCUT2D eigenvalue weighted by Crippen LogP contribution is 2.33. The molecule has 3 aromatic rings. The molecule has 1 N–H and O–H groups in total. The SMILES string of the molecule is Cc1ccc(Nc2c(C(=O)[O-])cnc3c(C)c(Cl)ccc23)cc1. The zero-order valence-corrected chi connectivity index (χ0v) is 13.4. The zero-order chi connectivity index (χ0) is 16.6. The fraction of sp³-hybridized carbons (Fsp3) is 0.111. The molecule has 0 aliphatic heterocycles. The van der Waals surface area contributed by atoms with Gasteiger partial charge in [0.1, 0.15) is 0 Å². The molecule has 1 heterocycles. The van der Waals surface area contributed by atoms with Crippen molar-refractivity contribution in [2.24, 2.45) is 0 Å². The fourth-order valence-corrected chi connectivity index (χ4v) is 2.61. The van der Waals surface area contributed by atoms with Crippen molar-refractivity contribution in [1.82, 2.24) is 4.98 Å². The lowest BCUT2D eigenvalue weighted by Gasteiger charge is -2.16. The second kappa shape index (κ2) is 5.89. The summed E-state index contributed by atoms with van der Waals surface area (Å²) in [4.78, 5) is 15.7. The number of anilines is 2. The fourth-order valence-electron chi connectivity index (χ4n) is 2.45. The van der Waals surface area contributed by atoms with Gasteiger partial charge in [0.05, 0.1) is 17.2 Å². The van der Waals surface area contributed by atoms with Crippen LogP contribution >= 0.6 is 11.6 Å². The van der Waals surface area contributed by atoms with Crippen LogP contribution in [0.25, 0.3) is 10.9 Å². The molecule has 4 nitrogen and oxygen atoms in total. The Hall–Kier alpha value is -2.59. The summed E-state index contributed by atoms with van der Waals surface area (Å²) in [5, 5.41) is 15.9. The number of carboxylic acid groups (broad SMARTS) is 1. The number of aryl methyl sites for hydroxylation is 2. The minimum absolute atomic E-state index is 0.0137. The molecule has 0 atom stereocenters. The topological polar surface area (TPSA) is 65.0 Å². The third-order valence-corrected chi connectivity index (χ3v) is 4.18. The van der Waals surface area contributed by atoms with E-state index in [-0.39, 0.29) is 5.56 Å². The lowest BCUT2D eigenvalue weighted by molar-refractivity contribution is -0.254. The van der Waals surface area contributed by atoms with Gasteiger partial charge >= 0.3 is 0 Å². The molecule has 1 aromatic heterocycles. The monoisotopic (exact) mass is 325 g/mol. The summed E-state index contributed by atoms with van der Waals surface area (Å²) in [5.74, 6) is -1.28. The minimum atomic E-state index is -1.28. The maximum Gasteiger partial charge on any atom is 0.0767 e.